The molecule has 1 unspecified atom stereocenters. The summed E-state index contributed by atoms with van der Waals surface area (Å²) >= 11 is 5.71. The van der Waals surface area contributed by atoms with E-state index < -0.39 is 0 Å². The molecule has 5 heteroatoms. The topological polar surface area (TPSA) is 34.9 Å². The van der Waals surface area contributed by atoms with Crippen molar-refractivity contribution in [1.29, 1.82) is 0 Å². The number of nitrogens with zero attached hydrogens (tertiary/aromatic N) is 2. The molecule has 0 saturated carbocycles. The van der Waals surface area contributed by atoms with Crippen LogP contribution in [0.25, 0.3) is 0 Å². The van der Waals surface area contributed by atoms with E-state index in [0.717, 1.165) is 5.56 Å². The molecule has 0 spiro atoms. The second-order valence-electron chi connectivity index (χ2n) is 2.12. The van der Waals surface area contributed by atoms with Crippen molar-refractivity contribution in [3.8, 4) is 0 Å². The van der Waals surface area contributed by atoms with Gasteiger partial charge in [0, 0.05) is 12.6 Å². The van der Waals surface area contributed by atoms with Crippen LogP contribution < -0.4 is 5.56 Å². The second-order valence-corrected chi connectivity index (χ2v) is 2.90. The Kier molecular flexibility index (Phi) is 2.63. The molecule has 60 valence electrons. The second kappa shape index (κ2) is 3.33. The smallest absolute Gasteiger partial charge is 0.266 e. The maximum atomic E-state index is 11.1. The summed E-state index contributed by atoms with van der Waals surface area (Å²) < 4.78 is 1.21. The van der Waals surface area contributed by atoms with Crippen molar-refractivity contribution in [3.05, 3.63) is 27.1 Å². The summed E-state index contributed by atoms with van der Waals surface area (Å²) in [5.74, 6) is 0. The summed E-state index contributed by atoms with van der Waals surface area (Å²) in [7, 11) is 4.06. The quantitative estimate of drug-likeness (QED) is 0.615. The number of hydrogen-bond donors (Lipinski definition) is 0. The van der Waals surface area contributed by atoms with Crippen LogP contribution in [0.3, 0.4) is 0 Å². The van der Waals surface area contributed by atoms with E-state index >= 15 is 0 Å². The molecule has 0 saturated heterocycles. The molecule has 1 aromatic heterocycles. The molecule has 1 atom stereocenters. The summed E-state index contributed by atoms with van der Waals surface area (Å²) in [5, 5.41) is 4.08. The number of rotatable bonds is 1. The van der Waals surface area contributed by atoms with Gasteiger partial charge in [-0.3, -0.25) is 4.79 Å². The standard InChI is InChI=1S/C6H8ClN2OP/c1-9-6(10)5(7)4(3-11)2-8-9/h2H,3,11H2,1H3. The largest absolute Gasteiger partial charge is 0.285 e. The summed E-state index contributed by atoms with van der Waals surface area (Å²) in [6.07, 6.45) is 2.25. The molecule has 3 nitrogen and oxygen atoms in total. The van der Waals surface area contributed by atoms with Crippen molar-refractivity contribution in [2.45, 2.75) is 6.16 Å². The van der Waals surface area contributed by atoms with Gasteiger partial charge in [-0.1, -0.05) is 11.6 Å². The molecule has 11 heavy (non-hydrogen) atoms. The van der Waals surface area contributed by atoms with Crippen LogP contribution in [0.1, 0.15) is 5.56 Å². The lowest BCUT2D eigenvalue weighted by Crippen LogP contribution is -2.20. The molecule has 0 amide bonds. The molecule has 1 rings (SSSR count). The first-order chi connectivity index (χ1) is 5.16. The predicted octanol–water partition coefficient (Wildman–Crippen LogP) is 0.809. The lowest BCUT2D eigenvalue weighted by atomic mass is 10.3. The summed E-state index contributed by atoms with van der Waals surface area (Å²) in [6.45, 7) is 0. The van der Waals surface area contributed by atoms with Crippen molar-refractivity contribution in [2.75, 3.05) is 0 Å². The Hall–Kier alpha value is -0.400. The summed E-state index contributed by atoms with van der Waals surface area (Å²) in [6, 6.07) is 0. The Morgan fingerprint density at radius 3 is 3.00 bits per heavy atom. The minimum atomic E-state index is -0.244. The molecule has 0 aliphatic carbocycles. The zero-order valence-corrected chi connectivity index (χ0v) is 7.95. The monoisotopic (exact) mass is 190 g/mol. The highest BCUT2D eigenvalue weighted by Crippen LogP contribution is 2.11. The minimum absolute atomic E-state index is 0.244. The fourth-order valence-corrected chi connectivity index (χ4v) is 1.37. The molecular formula is C6H8ClN2OP. The highest BCUT2D eigenvalue weighted by Gasteiger charge is 2.03. The van der Waals surface area contributed by atoms with Gasteiger partial charge in [0.2, 0.25) is 0 Å². The molecule has 1 heterocycles. The van der Waals surface area contributed by atoms with Gasteiger partial charge < -0.3 is 0 Å². The van der Waals surface area contributed by atoms with Gasteiger partial charge in [-0.25, -0.2) is 4.68 Å². The van der Waals surface area contributed by atoms with E-state index in [1.165, 1.54) is 4.68 Å². The Labute approximate surface area is 71.6 Å². The van der Waals surface area contributed by atoms with Gasteiger partial charge in [0.1, 0.15) is 5.02 Å². The van der Waals surface area contributed by atoms with Crippen molar-refractivity contribution < 1.29 is 0 Å². The molecular weight excluding hydrogens is 183 g/mol. The van der Waals surface area contributed by atoms with Gasteiger partial charge in [-0.05, 0) is 6.16 Å². The third-order valence-electron chi connectivity index (χ3n) is 1.37. The average molecular weight is 191 g/mol. The van der Waals surface area contributed by atoms with Crippen LogP contribution in [-0.2, 0) is 13.2 Å². The van der Waals surface area contributed by atoms with Gasteiger partial charge in [0.15, 0.2) is 0 Å². The Balaban J connectivity index is 3.37. The molecule has 0 N–H and O–H groups in total. The lowest BCUT2D eigenvalue weighted by molar-refractivity contribution is 0.703. The van der Waals surface area contributed by atoms with Crippen LogP contribution in [0.15, 0.2) is 11.0 Å². The van der Waals surface area contributed by atoms with Crippen molar-refractivity contribution in [2.24, 2.45) is 7.05 Å². The van der Waals surface area contributed by atoms with E-state index in [0.29, 0.717) is 6.16 Å². The van der Waals surface area contributed by atoms with Crippen LogP contribution in [0.2, 0.25) is 5.02 Å². The maximum Gasteiger partial charge on any atom is 0.285 e. The van der Waals surface area contributed by atoms with E-state index in [9.17, 15) is 4.79 Å². The summed E-state index contributed by atoms with van der Waals surface area (Å²) in [5.41, 5.74) is 0.520. The molecule has 0 aliphatic rings. The fraction of sp³-hybridized carbons (Fsp3) is 0.333. The molecule has 0 aromatic carbocycles. The Morgan fingerprint density at radius 1 is 1.82 bits per heavy atom. The summed E-state index contributed by atoms with van der Waals surface area (Å²) in [4.78, 5) is 11.1. The van der Waals surface area contributed by atoms with Gasteiger partial charge in [0.05, 0.1) is 6.20 Å². The molecule has 1 aromatic rings. The highest BCUT2D eigenvalue weighted by atomic mass is 35.5. The maximum absolute atomic E-state index is 11.1. The molecule has 0 radical (unpaired) electrons. The first-order valence-electron chi connectivity index (χ1n) is 3.07. The Bertz CT molecular complexity index is 323. The minimum Gasteiger partial charge on any atom is -0.266 e. The van der Waals surface area contributed by atoms with Crippen LogP contribution in [0, 0.1) is 0 Å². The normalized spacial score (nSPS) is 10.1. The third-order valence-corrected chi connectivity index (χ3v) is 2.21. The first-order valence-corrected chi connectivity index (χ1v) is 4.27. The van der Waals surface area contributed by atoms with Crippen molar-refractivity contribution in [3.63, 3.8) is 0 Å². The molecule has 0 bridgehead atoms. The van der Waals surface area contributed by atoms with E-state index in [-0.39, 0.29) is 10.6 Å². The van der Waals surface area contributed by atoms with Crippen LogP contribution in [0.4, 0.5) is 0 Å². The van der Waals surface area contributed by atoms with Crippen molar-refractivity contribution in [1.82, 2.24) is 9.78 Å². The van der Waals surface area contributed by atoms with E-state index in [1.807, 2.05) is 0 Å². The van der Waals surface area contributed by atoms with Gasteiger partial charge in [-0.15, -0.1) is 9.24 Å². The van der Waals surface area contributed by atoms with Crippen molar-refractivity contribution >= 4 is 20.8 Å². The third kappa shape index (κ3) is 1.60. The van der Waals surface area contributed by atoms with Gasteiger partial charge in [0.25, 0.3) is 5.56 Å². The van der Waals surface area contributed by atoms with Gasteiger partial charge in [-0.2, -0.15) is 5.10 Å². The molecule has 0 aliphatic heterocycles. The van der Waals surface area contributed by atoms with Crippen LogP contribution in [-0.4, -0.2) is 9.78 Å². The number of aryl methyl sites for hydroxylation is 1. The number of halogens is 1. The number of hydrogen-bond acceptors (Lipinski definition) is 2. The number of aromatic nitrogens is 2. The van der Waals surface area contributed by atoms with Gasteiger partial charge >= 0.3 is 0 Å². The average Bonchev–Trinajstić information content (AvgIpc) is 2.01. The SMILES string of the molecule is Cn1ncc(CP)c(Cl)c1=O. The zero-order valence-electron chi connectivity index (χ0n) is 6.04. The predicted molar refractivity (Wildman–Crippen MR) is 47.9 cm³/mol. The van der Waals surface area contributed by atoms with E-state index in [2.05, 4.69) is 14.3 Å². The molecule has 0 fully saturated rings. The van der Waals surface area contributed by atoms with Crippen LogP contribution >= 0.6 is 20.8 Å². The zero-order chi connectivity index (χ0) is 8.43. The van der Waals surface area contributed by atoms with E-state index in [4.69, 9.17) is 11.6 Å². The van der Waals surface area contributed by atoms with E-state index in [1.54, 1.807) is 13.2 Å². The fourth-order valence-electron chi connectivity index (χ4n) is 0.687. The first kappa shape index (κ1) is 8.69. The highest BCUT2D eigenvalue weighted by molar-refractivity contribution is 7.15. The van der Waals surface area contributed by atoms with Crippen LogP contribution in [0.5, 0.6) is 0 Å². The lowest BCUT2D eigenvalue weighted by Gasteiger charge is -2.00. The Morgan fingerprint density at radius 2 is 2.45 bits per heavy atom.